The quantitative estimate of drug-likeness (QED) is 0.485. The Morgan fingerprint density at radius 3 is 2.10 bits per heavy atom. The number of hydrogen-bond donors (Lipinski definition) is 1. The molecule has 0 fully saturated rings. The molecule has 156 valence electrons. The Labute approximate surface area is 171 Å². The van der Waals surface area contributed by atoms with Crippen molar-refractivity contribution in [1.82, 2.24) is 4.57 Å². The van der Waals surface area contributed by atoms with Gasteiger partial charge in [-0.2, -0.15) is 0 Å². The molecular weight excluding hydrogens is 397 g/mol. The van der Waals surface area contributed by atoms with Gasteiger partial charge in [-0.15, -0.1) is 0 Å². The maximum Gasteiger partial charge on any atom is 0.338 e. The van der Waals surface area contributed by atoms with Gasteiger partial charge in [-0.3, -0.25) is 4.79 Å². The molecule has 0 saturated carbocycles. The average Bonchev–Trinajstić information content (AvgIpc) is 3.06. The lowest BCUT2D eigenvalue weighted by Crippen LogP contribution is -2.30. The molecule has 30 heavy (non-hydrogen) atoms. The lowest BCUT2D eigenvalue weighted by atomic mass is 10.2. The summed E-state index contributed by atoms with van der Waals surface area (Å²) in [5, 5.41) is 2.07. The number of esters is 1. The minimum Gasteiger partial charge on any atom is -0.449 e. The number of ether oxygens (including phenoxy) is 1. The minimum atomic E-state index is -1.70. The first-order valence-corrected chi connectivity index (χ1v) is 9.09. The van der Waals surface area contributed by atoms with E-state index in [-0.39, 0.29) is 5.56 Å². The van der Waals surface area contributed by atoms with Crippen molar-refractivity contribution in [2.45, 2.75) is 26.9 Å². The lowest BCUT2D eigenvalue weighted by Gasteiger charge is -2.15. The molecule has 8 heteroatoms. The summed E-state index contributed by atoms with van der Waals surface area (Å²) in [5.74, 6) is -6.25. The highest BCUT2D eigenvalue weighted by Crippen LogP contribution is 2.20. The fraction of sp³-hybridized carbons (Fsp3) is 0.182. The highest BCUT2D eigenvalue weighted by molar-refractivity contribution is 5.97. The molecule has 0 aliphatic rings. The summed E-state index contributed by atoms with van der Waals surface area (Å²) in [6.45, 7) is 5.21. The van der Waals surface area contributed by atoms with Gasteiger partial charge >= 0.3 is 5.97 Å². The highest BCUT2D eigenvalue weighted by Gasteiger charge is 2.22. The van der Waals surface area contributed by atoms with Gasteiger partial charge in [0.15, 0.2) is 23.6 Å². The monoisotopic (exact) mass is 416 g/mol. The smallest absolute Gasteiger partial charge is 0.338 e. The molecule has 1 amide bonds. The molecule has 1 aromatic heterocycles. The van der Waals surface area contributed by atoms with Crippen molar-refractivity contribution in [2.75, 3.05) is 5.32 Å². The Kier molecular flexibility index (Phi) is 5.96. The number of aromatic nitrogens is 1. The summed E-state index contributed by atoms with van der Waals surface area (Å²) < 4.78 is 47.0. The number of hydrogen-bond acceptors (Lipinski definition) is 3. The third-order valence-corrected chi connectivity index (χ3v) is 4.58. The zero-order valence-electron chi connectivity index (χ0n) is 16.5. The van der Waals surface area contributed by atoms with Gasteiger partial charge in [0.2, 0.25) is 0 Å². The molecule has 1 heterocycles. The molecule has 0 unspecified atom stereocenters. The number of benzene rings is 2. The Morgan fingerprint density at radius 1 is 0.900 bits per heavy atom. The van der Waals surface area contributed by atoms with Gasteiger partial charge in [-0.05, 0) is 69.3 Å². The first-order valence-electron chi connectivity index (χ1n) is 9.09. The third-order valence-electron chi connectivity index (χ3n) is 4.58. The first-order chi connectivity index (χ1) is 14.2. The van der Waals surface area contributed by atoms with Crippen molar-refractivity contribution >= 4 is 17.6 Å². The van der Waals surface area contributed by atoms with Gasteiger partial charge in [0.25, 0.3) is 5.91 Å². The van der Waals surface area contributed by atoms with Crippen LogP contribution in [0.1, 0.15) is 28.7 Å². The van der Waals surface area contributed by atoms with Crippen molar-refractivity contribution in [3.63, 3.8) is 0 Å². The molecule has 0 aliphatic heterocycles. The summed E-state index contributed by atoms with van der Waals surface area (Å²) in [7, 11) is 0. The average molecular weight is 416 g/mol. The minimum absolute atomic E-state index is 0.222. The second-order valence-electron chi connectivity index (χ2n) is 6.76. The van der Waals surface area contributed by atoms with E-state index in [0.717, 1.165) is 23.1 Å². The molecule has 0 spiro atoms. The number of rotatable bonds is 5. The standard InChI is InChI=1S/C22H19F3N2O3/c1-12-4-5-13(2)27(12)16-8-6-15(7-9-16)22(29)30-14(3)21(28)26-18-11-10-17(23)19(24)20(18)25/h4-11,14H,1-3H3,(H,26,28)/t14-/m1/s1. The first kappa shape index (κ1) is 21.2. The van der Waals surface area contributed by atoms with Crippen LogP contribution in [0, 0.1) is 31.3 Å². The van der Waals surface area contributed by atoms with Crippen LogP contribution in [0.25, 0.3) is 5.69 Å². The van der Waals surface area contributed by atoms with Crippen LogP contribution >= 0.6 is 0 Å². The Morgan fingerprint density at radius 2 is 1.50 bits per heavy atom. The molecule has 1 atom stereocenters. The molecular formula is C22H19F3N2O3. The highest BCUT2D eigenvalue weighted by atomic mass is 19.2. The van der Waals surface area contributed by atoms with Crippen molar-refractivity contribution in [3.05, 3.63) is 82.9 Å². The van der Waals surface area contributed by atoms with Gasteiger partial charge < -0.3 is 14.6 Å². The second kappa shape index (κ2) is 8.44. The van der Waals surface area contributed by atoms with Crippen LogP contribution < -0.4 is 5.32 Å². The molecule has 3 aromatic rings. The molecule has 3 rings (SSSR count). The van der Waals surface area contributed by atoms with E-state index in [4.69, 9.17) is 4.74 Å². The Bertz CT molecular complexity index is 1090. The molecule has 0 aliphatic carbocycles. The van der Waals surface area contributed by atoms with Crippen LogP contribution in [-0.4, -0.2) is 22.5 Å². The zero-order chi connectivity index (χ0) is 22.0. The number of carbonyl (C=O) groups excluding carboxylic acids is 2. The predicted octanol–water partition coefficient (Wildman–Crippen LogP) is 4.70. The lowest BCUT2D eigenvalue weighted by molar-refractivity contribution is -0.123. The topological polar surface area (TPSA) is 60.3 Å². The van der Waals surface area contributed by atoms with Crippen LogP contribution in [0.2, 0.25) is 0 Å². The van der Waals surface area contributed by atoms with Gasteiger partial charge in [-0.1, -0.05) is 0 Å². The van der Waals surface area contributed by atoms with Crippen molar-refractivity contribution in [3.8, 4) is 5.69 Å². The maximum absolute atomic E-state index is 13.7. The van der Waals surface area contributed by atoms with Gasteiger partial charge in [-0.25, -0.2) is 18.0 Å². The van der Waals surface area contributed by atoms with Gasteiger partial charge in [0.05, 0.1) is 11.3 Å². The molecule has 0 saturated heterocycles. The SMILES string of the molecule is Cc1ccc(C)n1-c1ccc(C(=O)O[C@H](C)C(=O)Nc2ccc(F)c(F)c2F)cc1. The largest absolute Gasteiger partial charge is 0.449 e. The van der Waals surface area contributed by atoms with E-state index in [1.165, 1.54) is 6.92 Å². The van der Waals surface area contributed by atoms with E-state index < -0.39 is 41.1 Å². The Balaban J connectivity index is 1.67. The van der Waals surface area contributed by atoms with Crippen molar-refractivity contribution in [1.29, 1.82) is 0 Å². The van der Waals surface area contributed by atoms with E-state index in [9.17, 15) is 22.8 Å². The number of amides is 1. The normalized spacial score (nSPS) is 11.8. The fourth-order valence-electron chi connectivity index (χ4n) is 2.96. The van der Waals surface area contributed by atoms with Gasteiger partial charge in [0.1, 0.15) is 0 Å². The van der Waals surface area contributed by atoms with E-state index in [1.807, 2.05) is 30.5 Å². The molecule has 0 bridgehead atoms. The van der Waals surface area contributed by atoms with Crippen LogP contribution in [-0.2, 0) is 9.53 Å². The second-order valence-corrected chi connectivity index (χ2v) is 6.76. The van der Waals surface area contributed by atoms with E-state index in [0.29, 0.717) is 6.07 Å². The van der Waals surface area contributed by atoms with Crippen molar-refractivity contribution < 1.29 is 27.5 Å². The molecule has 1 N–H and O–H groups in total. The summed E-state index contributed by atoms with van der Waals surface area (Å²) in [4.78, 5) is 24.5. The van der Waals surface area contributed by atoms with Crippen LogP contribution in [0.3, 0.4) is 0 Å². The molecule has 5 nitrogen and oxygen atoms in total. The number of nitrogens with zero attached hydrogens (tertiary/aromatic N) is 1. The Hall–Kier alpha value is -3.55. The summed E-state index contributed by atoms with van der Waals surface area (Å²) in [6.07, 6.45) is -1.29. The number of carbonyl (C=O) groups is 2. The fourth-order valence-corrected chi connectivity index (χ4v) is 2.96. The summed E-state index contributed by atoms with van der Waals surface area (Å²) >= 11 is 0. The zero-order valence-corrected chi connectivity index (χ0v) is 16.5. The summed E-state index contributed by atoms with van der Waals surface area (Å²) in [6, 6.07) is 12.1. The predicted molar refractivity (Wildman–Crippen MR) is 105 cm³/mol. The van der Waals surface area contributed by atoms with Crippen molar-refractivity contribution in [2.24, 2.45) is 0 Å². The number of anilines is 1. The number of halogens is 3. The van der Waals surface area contributed by atoms with Gasteiger partial charge in [0, 0.05) is 17.1 Å². The van der Waals surface area contributed by atoms with Crippen LogP contribution in [0.4, 0.5) is 18.9 Å². The molecule has 2 aromatic carbocycles. The van der Waals surface area contributed by atoms with Crippen LogP contribution in [0.5, 0.6) is 0 Å². The molecule has 0 radical (unpaired) electrons. The van der Waals surface area contributed by atoms with Crippen LogP contribution in [0.15, 0.2) is 48.5 Å². The summed E-state index contributed by atoms with van der Waals surface area (Å²) in [5.41, 5.74) is 2.62. The van der Waals surface area contributed by atoms with E-state index in [2.05, 4.69) is 5.32 Å². The number of nitrogens with one attached hydrogen (secondary N) is 1. The van der Waals surface area contributed by atoms with E-state index >= 15 is 0 Å². The third kappa shape index (κ3) is 4.22. The number of aryl methyl sites for hydroxylation is 2. The van der Waals surface area contributed by atoms with E-state index in [1.54, 1.807) is 24.3 Å². The maximum atomic E-state index is 13.7.